The molecule has 0 aliphatic carbocycles. The highest BCUT2D eigenvalue weighted by molar-refractivity contribution is 6.31. The van der Waals surface area contributed by atoms with Crippen molar-refractivity contribution in [2.75, 3.05) is 0 Å². The predicted molar refractivity (Wildman–Crippen MR) is 157 cm³/mol. The summed E-state index contributed by atoms with van der Waals surface area (Å²) in [6.07, 6.45) is 3.41. The molecule has 0 spiro atoms. The molecule has 42 heavy (non-hydrogen) atoms. The van der Waals surface area contributed by atoms with Crippen molar-refractivity contribution in [3.8, 4) is 22.5 Å². The van der Waals surface area contributed by atoms with E-state index in [4.69, 9.17) is 11.6 Å². The maximum absolute atomic E-state index is 13.2. The van der Waals surface area contributed by atoms with Crippen LogP contribution in [0, 0.1) is 0 Å². The first-order valence-corrected chi connectivity index (χ1v) is 13.9. The molecule has 5 rings (SSSR count). The van der Waals surface area contributed by atoms with Crippen molar-refractivity contribution in [2.45, 2.75) is 45.2 Å². The number of carbonyl (C=O) groups is 2. The lowest BCUT2D eigenvalue weighted by Gasteiger charge is -2.17. The van der Waals surface area contributed by atoms with E-state index in [0.29, 0.717) is 17.4 Å². The molecule has 5 aromatic rings. The fourth-order valence-corrected chi connectivity index (χ4v) is 4.99. The van der Waals surface area contributed by atoms with Crippen LogP contribution in [0.5, 0.6) is 0 Å². The van der Waals surface area contributed by atoms with E-state index in [9.17, 15) is 14.7 Å². The van der Waals surface area contributed by atoms with Crippen molar-refractivity contribution in [1.29, 1.82) is 0 Å². The van der Waals surface area contributed by atoms with Crippen LogP contribution < -0.4 is 5.32 Å². The first-order valence-electron chi connectivity index (χ1n) is 13.5. The summed E-state index contributed by atoms with van der Waals surface area (Å²) in [7, 11) is 0. The van der Waals surface area contributed by atoms with Crippen LogP contribution in [0.25, 0.3) is 22.5 Å². The molecule has 0 aliphatic heterocycles. The van der Waals surface area contributed by atoms with Crippen molar-refractivity contribution in [1.82, 2.24) is 40.7 Å². The standard InChI is InChI=1S/C30H29ClN8O3/c1-2-7-23-16-27(30(42)33-22(15-28(40)41)14-19-8-3-6-11-26(19)31)36-39(23)18-21-13-12-20(17-32-21)24-9-4-5-10-25(24)29-34-37-38-35-29/h3-6,8-13,16-17,22H,2,7,14-15,18H2,1H3,(H,33,42)(H,40,41)(H,34,35,37,38)/t22-/m1/s1. The molecule has 214 valence electrons. The molecular weight excluding hydrogens is 556 g/mol. The Hall–Kier alpha value is -4.90. The summed E-state index contributed by atoms with van der Waals surface area (Å²) in [5.41, 5.74) is 5.35. The van der Waals surface area contributed by atoms with Crippen LogP contribution >= 0.6 is 11.6 Å². The smallest absolute Gasteiger partial charge is 0.305 e. The molecule has 0 aliphatic rings. The Labute approximate surface area is 247 Å². The Balaban J connectivity index is 1.33. The lowest BCUT2D eigenvalue weighted by molar-refractivity contribution is -0.137. The Bertz CT molecular complexity index is 1670. The zero-order valence-electron chi connectivity index (χ0n) is 22.9. The largest absolute Gasteiger partial charge is 0.481 e. The SMILES string of the molecule is CCCc1cc(C(=O)N[C@@H](CC(=O)O)Cc2ccccc2Cl)nn1Cc1ccc(-c2ccccc2-c2nnn[nH]2)cn1. The van der Waals surface area contributed by atoms with E-state index < -0.39 is 17.9 Å². The number of aliphatic carboxylic acids is 1. The topological polar surface area (TPSA) is 152 Å². The van der Waals surface area contributed by atoms with Gasteiger partial charge in [-0.25, -0.2) is 5.10 Å². The van der Waals surface area contributed by atoms with E-state index in [2.05, 4.69) is 42.9 Å². The number of carbonyl (C=O) groups excluding carboxylic acids is 1. The van der Waals surface area contributed by atoms with Crippen molar-refractivity contribution < 1.29 is 14.7 Å². The molecule has 0 bridgehead atoms. The first kappa shape index (κ1) is 28.6. The monoisotopic (exact) mass is 584 g/mol. The van der Waals surface area contributed by atoms with Crippen molar-refractivity contribution in [2.24, 2.45) is 0 Å². The number of aryl methyl sites for hydroxylation is 1. The minimum absolute atomic E-state index is 0.221. The molecule has 3 heterocycles. The average molecular weight is 585 g/mol. The normalized spacial score (nSPS) is 11.8. The number of pyridine rings is 1. The Kier molecular flexibility index (Phi) is 8.98. The van der Waals surface area contributed by atoms with Gasteiger partial charge in [-0.05, 0) is 52.6 Å². The van der Waals surface area contributed by atoms with Gasteiger partial charge in [0.2, 0.25) is 0 Å². The van der Waals surface area contributed by atoms with Gasteiger partial charge < -0.3 is 10.4 Å². The van der Waals surface area contributed by atoms with Gasteiger partial charge >= 0.3 is 5.97 Å². The lowest BCUT2D eigenvalue weighted by Crippen LogP contribution is -2.38. The number of rotatable bonds is 12. The molecule has 11 nitrogen and oxygen atoms in total. The highest BCUT2D eigenvalue weighted by Crippen LogP contribution is 2.29. The van der Waals surface area contributed by atoms with Gasteiger partial charge in [-0.3, -0.25) is 19.3 Å². The van der Waals surface area contributed by atoms with E-state index in [1.165, 1.54) is 0 Å². The van der Waals surface area contributed by atoms with Gasteiger partial charge in [0.25, 0.3) is 5.91 Å². The number of aromatic amines is 1. The summed E-state index contributed by atoms with van der Waals surface area (Å²) >= 11 is 6.28. The minimum atomic E-state index is -1.01. The van der Waals surface area contributed by atoms with E-state index >= 15 is 0 Å². The third kappa shape index (κ3) is 6.87. The van der Waals surface area contributed by atoms with E-state index in [1.54, 1.807) is 29.1 Å². The molecule has 0 saturated carbocycles. The van der Waals surface area contributed by atoms with Crippen LogP contribution in [0.2, 0.25) is 5.02 Å². The van der Waals surface area contributed by atoms with Crippen LogP contribution in [0.15, 0.2) is 72.9 Å². The summed E-state index contributed by atoms with van der Waals surface area (Å²) < 4.78 is 1.77. The third-order valence-corrected chi connectivity index (χ3v) is 7.13. The van der Waals surface area contributed by atoms with Gasteiger partial charge in [0.15, 0.2) is 5.82 Å². The summed E-state index contributed by atoms with van der Waals surface area (Å²) in [5, 5.41) is 31.6. The zero-order valence-corrected chi connectivity index (χ0v) is 23.6. The number of nitrogens with zero attached hydrogens (tertiary/aromatic N) is 6. The van der Waals surface area contributed by atoms with Gasteiger partial charge in [0.05, 0.1) is 18.7 Å². The maximum atomic E-state index is 13.2. The number of hydrogen-bond donors (Lipinski definition) is 3. The molecular formula is C30H29ClN8O3. The highest BCUT2D eigenvalue weighted by Gasteiger charge is 2.22. The second-order valence-electron chi connectivity index (χ2n) is 9.83. The van der Waals surface area contributed by atoms with Crippen molar-refractivity contribution in [3.05, 3.63) is 101 Å². The summed E-state index contributed by atoms with van der Waals surface area (Å²) in [6.45, 7) is 2.42. The number of carboxylic acid groups (broad SMARTS) is 1. The molecule has 0 unspecified atom stereocenters. The molecule has 3 N–H and O–H groups in total. The van der Waals surface area contributed by atoms with Crippen LogP contribution in [0.4, 0.5) is 0 Å². The molecule has 1 atom stereocenters. The fraction of sp³-hybridized carbons (Fsp3) is 0.233. The molecule has 1 amide bonds. The Morgan fingerprint density at radius 1 is 1.07 bits per heavy atom. The minimum Gasteiger partial charge on any atom is -0.481 e. The lowest BCUT2D eigenvalue weighted by atomic mass is 10.0. The van der Waals surface area contributed by atoms with E-state index in [0.717, 1.165) is 46.5 Å². The summed E-state index contributed by atoms with van der Waals surface area (Å²) in [6, 6.07) is 20.0. The molecule has 0 saturated heterocycles. The second kappa shape index (κ2) is 13.2. The number of H-pyrrole nitrogens is 1. The van der Waals surface area contributed by atoms with Gasteiger partial charge in [0.1, 0.15) is 5.69 Å². The van der Waals surface area contributed by atoms with Crippen molar-refractivity contribution in [3.63, 3.8) is 0 Å². The number of aromatic nitrogens is 7. The van der Waals surface area contributed by atoms with Gasteiger partial charge in [-0.15, -0.1) is 5.10 Å². The number of hydrogen-bond acceptors (Lipinski definition) is 7. The predicted octanol–water partition coefficient (Wildman–Crippen LogP) is 4.60. The summed E-state index contributed by atoms with van der Waals surface area (Å²) in [5.74, 6) is -0.885. The number of benzene rings is 2. The maximum Gasteiger partial charge on any atom is 0.305 e. The van der Waals surface area contributed by atoms with Crippen LogP contribution in [-0.2, 0) is 24.2 Å². The number of amides is 1. The fourth-order valence-electron chi connectivity index (χ4n) is 4.78. The molecule has 2 aromatic carbocycles. The van der Waals surface area contributed by atoms with E-state index in [1.807, 2.05) is 48.5 Å². The Morgan fingerprint density at radius 3 is 2.55 bits per heavy atom. The second-order valence-corrected chi connectivity index (χ2v) is 10.2. The van der Waals surface area contributed by atoms with Crippen LogP contribution in [0.1, 0.15) is 47.2 Å². The van der Waals surface area contributed by atoms with Gasteiger partial charge in [0, 0.05) is 34.1 Å². The summed E-state index contributed by atoms with van der Waals surface area (Å²) in [4.78, 5) is 29.4. The zero-order chi connectivity index (χ0) is 29.5. The Morgan fingerprint density at radius 2 is 1.86 bits per heavy atom. The first-order chi connectivity index (χ1) is 20.4. The molecule has 12 heteroatoms. The quantitative estimate of drug-likeness (QED) is 0.192. The van der Waals surface area contributed by atoms with Gasteiger partial charge in [-0.2, -0.15) is 5.10 Å². The number of nitrogens with one attached hydrogen (secondary N) is 2. The number of halogens is 1. The molecule has 0 fully saturated rings. The van der Waals surface area contributed by atoms with Crippen LogP contribution in [0.3, 0.4) is 0 Å². The van der Waals surface area contributed by atoms with Gasteiger partial charge in [-0.1, -0.05) is 73.5 Å². The number of carboxylic acids is 1. The molecule has 3 aromatic heterocycles. The average Bonchev–Trinajstić information content (AvgIpc) is 3.66. The van der Waals surface area contributed by atoms with Crippen LogP contribution in [-0.4, -0.2) is 58.4 Å². The highest BCUT2D eigenvalue weighted by atomic mass is 35.5. The number of tetrazole rings is 1. The molecule has 0 radical (unpaired) electrons. The van der Waals surface area contributed by atoms with Crippen molar-refractivity contribution >= 4 is 23.5 Å². The van der Waals surface area contributed by atoms with E-state index in [-0.39, 0.29) is 18.5 Å². The third-order valence-electron chi connectivity index (χ3n) is 6.76.